The van der Waals surface area contributed by atoms with Crippen molar-refractivity contribution in [2.75, 3.05) is 0 Å². The van der Waals surface area contributed by atoms with Crippen molar-refractivity contribution in [2.45, 2.75) is 20.4 Å². The molecular weight excluding hydrogens is 428 g/mol. The van der Waals surface area contributed by atoms with Crippen molar-refractivity contribution >= 4 is 26.8 Å². The van der Waals surface area contributed by atoms with Gasteiger partial charge in [0, 0.05) is 11.4 Å². The number of halogens is 2. The van der Waals surface area contributed by atoms with Gasteiger partial charge in [-0.1, -0.05) is 34.1 Å². The molecule has 0 aliphatic heterocycles. The first kappa shape index (κ1) is 20.5. The van der Waals surface area contributed by atoms with Crippen molar-refractivity contribution in [3.8, 4) is 5.69 Å². The number of hydrogen-bond acceptors (Lipinski definition) is 5. The maximum Gasteiger partial charge on any atom is 0.350 e. The van der Waals surface area contributed by atoms with Crippen LogP contribution in [0.5, 0.6) is 0 Å². The monoisotopic (exact) mass is 442 g/mol. The highest BCUT2D eigenvalue weighted by molar-refractivity contribution is 9.10. The first-order chi connectivity index (χ1) is 12.1. The third-order valence-corrected chi connectivity index (χ3v) is 4.22. The average Bonchev–Trinajstić information content (AvgIpc) is 2.54. The molecule has 0 atom stereocenters. The Morgan fingerprint density at radius 3 is 2.27 bits per heavy atom. The Labute approximate surface area is 160 Å². The SMILES string of the molecule is CC[n+]1c(C)n(-c2cccc(Br)c2)c(=O)c2ccccc21.[O-][Cl+3]([O-])([O-])[O-]. The van der Waals surface area contributed by atoms with Gasteiger partial charge in [0.25, 0.3) is 5.82 Å². The van der Waals surface area contributed by atoms with Crippen molar-refractivity contribution in [1.29, 1.82) is 0 Å². The first-order valence-electron chi connectivity index (χ1n) is 7.55. The van der Waals surface area contributed by atoms with Crippen LogP contribution >= 0.6 is 15.9 Å². The van der Waals surface area contributed by atoms with E-state index in [4.69, 9.17) is 18.6 Å². The summed E-state index contributed by atoms with van der Waals surface area (Å²) in [7, 11) is -4.94. The molecule has 9 heteroatoms. The normalized spacial score (nSPS) is 11.2. The Kier molecular flexibility index (Phi) is 6.51. The highest BCUT2D eigenvalue weighted by Crippen LogP contribution is 2.16. The Bertz CT molecular complexity index is 979. The number of nitrogens with zero attached hydrogens (tertiary/aromatic N) is 2. The van der Waals surface area contributed by atoms with Crippen LogP contribution in [-0.4, -0.2) is 4.57 Å². The predicted octanol–water partition coefficient (Wildman–Crippen LogP) is -1.39. The molecule has 138 valence electrons. The third-order valence-electron chi connectivity index (χ3n) is 3.73. The standard InChI is InChI=1S/C17H16BrN2O.ClHO4/c1-3-19-12(2)20(14-8-6-7-13(18)11-14)17(21)15-9-4-5-10-16(15)19;2-1(3,4)5/h4-11H,3H2,1-2H3;(H,2,3,4,5)/q+1;/p-1. The zero-order valence-electron chi connectivity index (χ0n) is 14.0. The van der Waals surface area contributed by atoms with Crippen LogP contribution in [0.4, 0.5) is 0 Å². The quantitative estimate of drug-likeness (QED) is 0.452. The molecule has 1 heterocycles. The summed E-state index contributed by atoms with van der Waals surface area (Å²) < 4.78 is 38.9. The fourth-order valence-corrected chi connectivity index (χ4v) is 3.16. The van der Waals surface area contributed by atoms with Gasteiger partial charge in [-0.25, -0.2) is 28.0 Å². The van der Waals surface area contributed by atoms with Crippen molar-refractivity contribution in [1.82, 2.24) is 4.57 Å². The molecule has 0 unspecified atom stereocenters. The molecule has 0 spiro atoms. The average molecular weight is 444 g/mol. The van der Waals surface area contributed by atoms with E-state index in [0.29, 0.717) is 0 Å². The summed E-state index contributed by atoms with van der Waals surface area (Å²) in [6.07, 6.45) is 0. The molecule has 7 nitrogen and oxygen atoms in total. The van der Waals surface area contributed by atoms with E-state index in [2.05, 4.69) is 27.4 Å². The van der Waals surface area contributed by atoms with Crippen LogP contribution in [0.2, 0.25) is 0 Å². The van der Waals surface area contributed by atoms with Gasteiger partial charge in [0.15, 0.2) is 0 Å². The number of aryl methyl sites for hydroxylation is 1. The summed E-state index contributed by atoms with van der Waals surface area (Å²) in [5, 5.41) is 0.741. The zero-order valence-corrected chi connectivity index (χ0v) is 16.4. The lowest BCUT2D eigenvalue weighted by atomic mass is 10.2. The molecule has 0 radical (unpaired) electrons. The van der Waals surface area contributed by atoms with E-state index >= 15 is 0 Å². The molecule has 3 rings (SSSR count). The van der Waals surface area contributed by atoms with Crippen LogP contribution in [0.25, 0.3) is 16.6 Å². The zero-order chi connectivity index (χ0) is 19.5. The fraction of sp³-hybridized carbons (Fsp3) is 0.176. The molecule has 0 amide bonds. The number of hydrogen-bond donors (Lipinski definition) is 0. The molecule has 0 fully saturated rings. The highest BCUT2D eigenvalue weighted by atomic mass is 79.9. The highest BCUT2D eigenvalue weighted by Gasteiger charge is 2.20. The maximum atomic E-state index is 12.9. The van der Waals surface area contributed by atoms with Crippen molar-refractivity contribution in [3.63, 3.8) is 0 Å². The second kappa shape index (κ2) is 8.26. The summed E-state index contributed by atoms with van der Waals surface area (Å²) >= 11 is 3.47. The van der Waals surface area contributed by atoms with Crippen molar-refractivity contribution in [2.24, 2.45) is 0 Å². The number of para-hydroxylation sites is 1. The van der Waals surface area contributed by atoms with E-state index in [-0.39, 0.29) is 5.56 Å². The molecule has 0 aliphatic rings. The molecule has 3 aromatic rings. The molecule has 0 saturated heterocycles. The van der Waals surface area contributed by atoms with Gasteiger partial charge in [0.1, 0.15) is 16.6 Å². The minimum Gasteiger partial charge on any atom is -0.240 e. The van der Waals surface area contributed by atoms with Gasteiger partial charge < -0.3 is 0 Å². The molecule has 0 bridgehead atoms. The number of aromatic nitrogens is 2. The van der Waals surface area contributed by atoms with E-state index in [9.17, 15) is 4.79 Å². The van der Waals surface area contributed by atoms with E-state index in [1.165, 1.54) is 0 Å². The van der Waals surface area contributed by atoms with Gasteiger partial charge >= 0.3 is 5.56 Å². The lowest BCUT2D eigenvalue weighted by molar-refractivity contribution is -2.00. The van der Waals surface area contributed by atoms with Crippen LogP contribution in [0.3, 0.4) is 0 Å². The van der Waals surface area contributed by atoms with Crippen LogP contribution in [-0.2, 0) is 6.54 Å². The topological polar surface area (TPSA) is 118 Å². The fourth-order valence-electron chi connectivity index (χ4n) is 2.77. The van der Waals surface area contributed by atoms with E-state index in [1.54, 1.807) is 4.57 Å². The van der Waals surface area contributed by atoms with Gasteiger partial charge in [-0.15, -0.1) is 10.2 Å². The number of rotatable bonds is 2. The largest absolute Gasteiger partial charge is 0.350 e. The van der Waals surface area contributed by atoms with Crippen LogP contribution < -0.4 is 28.8 Å². The van der Waals surface area contributed by atoms with E-state index < -0.39 is 10.2 Å². The molecule has 0 aliphatic carbocycles. The summed E-state index contributed by atoms with van der Waals surface area (Å²) in [6.45, 7) is 4.90. The lowest BCUT2D eigenvalue weighted by Crippen LogP contribution is -2.68. The molecule has 0 N–H and O–H groups in total. The van der Waals surface area contributed by atoms with Gasteiger partial charge in [-0.3, -0.25) is 0 Å². The molecule has 1 aromatic heterocycles. The van der Waals surface area contributed by atoms with E-state index in [0.717, 1.165) is 33.4 Å². The minimum atomic E-state index is -4.94. The van der Waals surface area contributed by atoms with Crippen molar-refractivity contribution in [3.05, 3.63) is 69.2 Å². The Morgan fingerprint density at radius 2 is 1.69 bits per heavy atom. The Balaban J connectivity index is 0.000000431. The summed E-state index contributed by atoms with van der Waals surface area (Å²) in [6, 6.07) is 15.6. The van der Waals surface area contributed by atoms with Gasteiger partial charge in [-0.2, -0.15) is 4.57 Å². The molecular formula is C17H16BrClN2O5. The first-order valence-corrected chi connectivity index (χ1v) is 9.58. The molecule has 26 heavy (non-hydrogen) atoms. The third kappa shape index (κ3) is 4.88. The van der Waals surface area contributed by atoms with Crippen LogP contribution in [0.15, 0.2) is 57.8 Å². The predicted molar refractivity (Wildman–Crippen MR) is 87.9 cm³/mol. The number of benzene rings is 2. The van der Waals surface area contributed by atoms with Gasteiger partial charge in [0.2, 0.25) is 0 Å². The lowest BCUT2D eigenvalue weighted by Gasteiger charge is -2.17. The molecule has 0 saturated carbocycles. The van der Waals surface area contributed by atoms with Crippen LogP contribution in [0, 0.1) is 17.2 Å². The maximum absolute atomic E-state index is 12.9. The van der Waals surface area contributed by atoms with E-state index in [1.807, 2.05) is 55.5 Å². The summed E-state index contributed by atoms with van der Waals surface area (Å²) in [4.78, 5) is 12.9. The Morgan fingerprint density at radius 1 is 1.08 bits per heavy atom. The second-order valence-corrected chi connectivity index (χ2v) is 6.98. The summed E-state index contributed by atoms with van der Waals surface area (Å²) in [5.41, 5.74) is 1.87. The Hall–Kier alpha value is -1.81. The second-order valence-electron chi connectivity index (χ2n) is 5.31. The molecule has 2 aromatic carbocycles. The van der Waals surface area contributed by atoms with Crippen molar-refractivity contribution < 1.29 is 33.4 Å². The summed E-state index contributed by atoms with van der Waals surface area (Å²) in [5.74, 6) is 0.930. The van der Waals surface area contributed by atoms with Gasteiger partial charge in [0.05, 0.1) is 6.54 Å². The minimum absolute atomic E-state index is 0.0194. The van der Waals surface area contributed by atoms with Crippen LogP contribution in [0.1, 0.15) is 12.7 Å². The number of fused-ring (bicyclic) bond motifs is 1. The smallest absolute Gasteiger partial charge is 0.240 e. The van der Waals surface area contributed by atoms with Gasteiger partial charge in [-0.05, 0) is 37.3 Å².